The number of carbonyl (C=O) groups excluding carboxylic acids is 1. The van der Waals surface area contributed by atoms with Crippen molar-refractivity contribution in [2.45, 2.75) is 44.1 Å². The van der Waals surface area contributed by atoms with Gasteiger partial charge in [0.2, 0.25) is 5.91 Å². The Kier molecular flexibility index (Phi) is 7.66. The molecule has 0 aliphatic rings. The van der Waals surface area contributed by atoms with Crippen molar-refractivity contribution in [1.82, 2.24) is 14.5 Å². The number of thioether (sulfide) groups is 1. The van der Waals surface area contributed by atoms with E-state index in [9.17, 15) is 9.59 Å². The van der Waals surface area contributed by atoms with E-state index in [0.717, 1.165) is 0 Å². The first-order valence-corrected chi connectivity index (χ1v) is 9.85. The summed E-state index contributed by atoms with van der Waals surface area (Å²) in [5.74, 6) is 0.0610. The number of ether oxygens (including phenoxy) is 1. The molecule has 0 aliphatic carbocycles. The summed E-state index contributed by atoms with van der Waals surface area (Å²) in [6.07, 6.45) is 0.711. The third-order valence-corrected chi connectivity index (χ3v) is 5.34. The number of carbonyl (C=O) groups is 1. The van der Waals surface area contributed by atoms with Crippen molar-refractivity contribution in [3.63, 3.8) is 0 Å². The number of amides is 1. The van der Waals surface area contributed by atoms with E-state index in [2.05, 4.69) is 4.98 Å². The van der Waals surface area contributed by atoms with Crippen LogP contribution in [0.1, 0.15) is 27.2 Å². The van der Waals surface area contributed by atoms with Gasteiger partial charge in [-0.3, -0.25) is 14.2 Å². The van der Waals surface area contributed by atoms with Crippen LogP contribution in [0.15, 0.2) is 34.2 Å². The predicted molar refractivity (Wildman–Crippen MR) is 106 cm³/mol. The zero-order valence-electron chi connectivity index (χ0n) is 15.9. The maximum Gasteiger partial charge on any atom is 0.262 e. The molecule has 1 atom stereocenters. The van der Waals surface area contributed by atoms with Crippen LogP contribution >= 0.6 is 11.8 Å². The molecule has 0 aliphatic heterocycles. The van der Waals surface area contributed by atoms with E-state index in [0.29, 0.717) is 48.7 Å². The topological polar surface area (TPSA) is 64.4 Å². The molecule has 0 N–H and O–H groups in total. The molecule has 1 unspecified atom stereocenters. The Labute approximate surface area is 158 Å². The van der Waals surface area contributed by atoms with Gasteiger partial charge in [-0.1, -0.05) is 23.9 Å². The van der Waals surface area contributed by atoms with Crippen molar-refractivity contribution < 1.29 is 9.53 Å². The average molecular weight is 378 g/mol. The van der Waals surface area contributed by atoms with Crippen molar-refractivity contribution in [1.29, 1.82) is 0 Å². The standard InChI is InChI=1S/C19H27N3O3S/c1-5-21(6-2)17(23)14(3)26-19-20-16-11-8-7-10-15(16)18(24)22(19)12-9-13-25-4/h7-8,10-11,14H,5-6,9,12-13H2,1-4H3. The molecule has 0 spiro atoms. The Balaban J connectivity index is 2.38. The molecular formula is C19H27N3O3S. The lowest BCUT2D eigenvalue weighted by Gasteiger charge is -2.23. The number of para-hydroxylation sites is 1. The number of nitrogens with zero attached hydrogens (tertiary/aromatic N) is 3. The summed E-state index contributed by atoms with van der Waals surface area (Å²) in [7, 11) is 1.64. The lowest BCUT2D eigenvalue weighted by atomic mass is 10.2. The van der Waals surface area contributed by atoms with Crippen molar-refractivity contribution in [3.05, 3.63) is 34.6 Å². The Morgan fingerprint density at radius 3 is 2.65 bits per heavy atom. The van der Waals surface area contributed by atoms with Crippen LogP contribution in [0.3, 0.4) is 0 Å². The van der Waals surface area contributed by atoms with Gasteiger partial charge in [0.25, 0.3) is 5.56 Å². The lowest BCUT2D eigenvalue weighted by Crippen LogP contribution is -2.36. The molecule has 1 heterocycles. The van der Waals surface area contributed by atoms with E-state index in [-0.39, 0.29) is 16.7 Å². The first-order chi connectivity index (χ1) is 12.5. The van der Waals surface area contributed by atoms with Gasteiger partial charge >= 0.3 is 0 Å². The first-order valence-electron chi connectivity index (χ1n) is 8.97. The number of aromatic nitrogens is 2. The van der Waals surface area contributed by atoms with Crippen LogP contribution in [-0.2, 0) is 16.1 Å². The molecule has 1 amide bonds. The van der Waals surface area contributed by atoms with Gasteiger partial charge in [0, 0.05) is 33.4 Å². The highest BCUT2D eigenvalue weighted by Gasteiger charge is 2.22. The van der Waals surface area contributed by atoms with E-state index in [1.165, 1.54) is 11.8 Å². The van der Waals surface area contributed by atoms with Crippen LogP contribution in [0.2, 0.25) is 0 Å². The van der Waals surface area contributed by atoms with Gasteiger partial charge in [0.15, 0.2) is 5.16 Å². The molecule has 1 aromatic carbocycles. The van der Waals surface area contributed by atoms with Gasteiger partial charge in [-0.25, -0.2) is 4.98 Å². The molecule has 0 fully saturated rings. The summed E-state index contributed by atoms with van der Waals surface area (Å²) in [4.78, 5) is 32.0. The van der Waals surface area contributed by atoms with Gasteiger partial charge in [-0.15, -0.1) is 0 Å². The van der Waals surface area contributed by atoms with Crippen LogP contribution in [0.25, 0.3) is 10.9 Å². The third-order valence-electron chi connectivity index (χ3n) is 4.26. The van der Waals surface area contributed by atoms with Crippen molar-refractivity contribution in [2.75, 3.05) is 26.8 Å². The average Bonchev–Trinajstić information content (AvgIpc) is 2.65. The molecule has 1 aromatic heterocycles. The summed E-state index contributed by atoms with van der Waals surface area (Å²) in [6, 6.07) is 7.32. The van der Waals surface area contributed by atoms with Crippen LogP contribution in [0.5, 0.6) is 0 Å². The van der Waals surface area contributed by atoms with E-state index in [1.807, 2.05) is 39.0 Å². The fraction of sp³-hybridized carbons (Fsp3) is 0.526. The summed E-state index contributed by atoms with van der Waals surface area (Å²) in [6.45, 7) is 8.22. The third kappa shape index (κ3) is 4.65. The largest absolute Gasteiger partial charge is 0.385 e. The van der Waals surface area contributed by atoms with Crippen LogP contribution in [-0.4, -0.2) is 52.4 Å². The molecule has 0 radical (unpaired) electrons. The molecule has 6 nitrogen and oxygen atoms in total. The number of methoxy groups -OCH3 is 1. The second-order valence-electron chi connectivity index (χ2n) is 5.99. The quantitative estimate of drug-likeness (QED) is 0.382. The molecular weight excluding hydrogens is 350 g/mol. The molecule has 0 bridgehead atoms. The highest BCUT2D eigenvalue weighted by Crippen LogP contribution is 2.24. The smallest absolute Gasteiger partial charge is 0.262 e. The summed E-state index contributed by atoms with van der Waals surface area (Å²) in [5.41, 5.74) is 0.585. The zero-order valence-corrected chi connectivity index (χ0v) is 16.7. The van der Waals surface area contributed by atoms with E-state index in [4.69, 9.17) is 4.74 Å². The second kappa shape index (κ2) is 9.73. The fourth-order valence-corrected chi connectivity index (χ4v) is 3.82. The number of benzene rings is 1. The molecule has 142 valence electrons. The van der Waals surface area contributed by atoms with Crippen molar-refractivity contribution >= 4 is 28.6 Å². The van der Waals surface area contributed by atoms with Gasteiger partial charge < -0.3 is 9.64 Å². The fourth-order valence-electron chi connectivity index (χ4n) is 2.80. The Hall–Kier alpha value is -1.86. The van der Waals surface area contributed by atoms with Crippen molar-refractivity contribution in [3.8, 4) is 0 Å². The number of hydrogen-bond acceptors (Lipinski definition) is 5. The summed E-state index contributed by atoms with van der Waals surface area (Å²) < 4.78 is 6.77. The van der Waals surface area contributed by atoms with Gasteiger partial charge in [0.05, 0.1) is 16.2 Å². The normalized spacial score (nSPS) is 12.3. The van der Waals surface area contributed by atoms with Gasteiger partial charge in [0.1, 0.15) is 0 Å². The Morgan fingerprint density at radius 2 is 2.00 bits per heavy atom. The van der Waals surface area contributed by atoms with E-state index < -0.39 is 0 Å². The summed E-state index contributed by atoms with van der Waals surface area (Å²) >= 11 is 1.34. The van der Waals surface area contributed by atoms with Crippen LogP contribution in [0, 0.1) is 0 Å². The molecule has 0 saturated carbocycles. The van der Waals surface area contributed by atoms with Gasteiger partial charge in [-0.2, -0.15) is 0 Å². The van der Waals surface area contributed by atoms with Crippen LogP contribution in [0.4, 0.5) is 0 Å². The minimum Gasteiger partial charge on any atom is -0.385 e. The summed E-state index contributed by atoms with van der Waals surface area (Å²) in [5, 5.41) is 0.867. The first kappa shape index (κ1) is 20.5. The number of rotatable bonds is 9. The maximum absolute atomic E-state index is 12.9. The molecule has 0 saturated heterocycles. The predicted octanol–water partition coefficient (Wildman–Crippen LogP) is 2.78. The van der Waals surface area contributed by atoms with Gasteiger partial charge in [-0.05, 0) is 39.3 Å². The van der Waals surface area contributed by atoms with Crippen LogP contribution < -0.4 is 5.56 Å². The highest BCUT2D eigenvalue weighted by molar-refractivity contribution is 8.00. The minimum absolute atomic E-state index is 0.0610. The SMILES string of the molecule is CCN(CC)C(=O)C(C)Sc1nc2ccccc2c(=O)n1CCCOC. The zero-order chi connectivity index (χ0) is 19.1. The molecule has 7 heteroatoms. The maximum atomic E-state index is 12.9. The Bertz CT molecular complexity index is 802. The highest BCUT2D eigenvalue weighted by atomic mass is 32.2. The second-order valence-corrected chi connectivity index (χ2v) is 7.29. The number of fused-ring (bicyclic) bond motifs is 1. The Morgan fingerprint density at radius 1 is 1.31 bits per heavy atom. The van der Waals surface area contributed by atoms with E-state index >= 15 is 0 Å². The lowest BCUT2D eigenvalue weighted by molar-refractivity contribution is -0.129. The molecule has 26 heavy (non-hydrogen) atoms. The van der Waals surface area contributed by atoms with E-state index in [1.54, 1.807) is 22.6 Å². The molecule has 2 rings (SSSR count). The molecule has 2 aromatic rings. The monoisotopic (exact) mass is 377 g/mol. The minimum atomic E-state index is -0.309. The number of hydrogen-bond donors (Lipinski definition) is 0. The van der Waals surface area contributed by atoms with Crippen molar-refractivity contribution in [2.24, 2.45) is 0 Å².